The van der Waals surface area contributed by atoms with Crippen LogP contribution in [0.2, 0.25) is 0 Å². The van der Waals surface area contributed by atoms with Gasteiger partial charge in [-0.1, -0.05) is 0 Å². The first-order valence-corrected chi connectivity index (χ1v) is 9.97. The quantitative estimate of drug-likeness (QED) is 0.581. The highest BCUT2D eigenvalue weighted by atomic mass is 19.1. The first kappa shape index (κ1) is 21.6. The van der Waals surface area contributed by atoms with Crippen molar-refractivity contribution in [3.05, 3.63) is 41.4 Å². The Balaban J connectivity index is 1.51. The average molecular weight is 420 g/mol. The Bertz CT molecular complexity index is 830. The number of rotatable bonds is 7. The molecular weight excluding hydrogens is 395 g/mol. The molecule has 9 heteroatoms. The van der Waals surface area contributed by atoms with Crippen molar-refractivity contribution in [1.29, 1.82) is 0 Å². The van der Waals surface area contributed by atoms with E-state index in [0.717, 1.165) is 25.7 Å². The molecule has 2 aliphatic rings. The van der Waals surface area contributed by atoms with Crippen molar-refractivity contribution in [3.8, 4) is 5.75 Å². The Morgan fingerprint density at radius 1 is 1.17 bits per heavy atom. The maximum atomic E-state index is 13.0. The van der Waals surface area contributed by atoms with Crippen molar-refractivity contribution in [1.82, 2.24) is 10.2 Å². The summed E-state index contributed by atoms with van der Waals surface area (Å²) in [4.78, 5) is 37.0. The van der Waals surface area contributed by atoms with Gasteiger partial charge in [-0.15, -0.1) is 0 Å². The van der Waals surface area contributed by atoms with Crippen molar-refractivity contribution in [2.24, 2.45) is 5.92 Å². The number of amides is 2. The molecule has 1 aliphatic carbocycles. The molecular formula is C21H25FN2O6. The maximum absolute atomic E-state index is 13.0. The molecule has 8 nitrogen and oxygen atoms in total. The Labute approximate surface area is 173 Å². The summed E-state index contributed by atoms with van der Waals surface area (Å²) in [6.07, 6.45) is 3.47. The third-order valence-electron chi connectivity index (χ3n) is 5.42. The first-order chi connectivity index (χ1) is 14.3. The molecule has 0 unspecified atom stereocenters. The Morgan fingerprint density at radius 2 is 1.83 bits per heavy atom. The number of carboxylic acid groups (broad SMARTS) is 1. The van der Waals surface area contributed by atoms with Gasteiger partial charge >= 0.3 is 5.97 Å². The van der Waals surface area contributed by atoms with E-state index in [1.54, 1.807) is 17.0 Å². The summed E-state index contributed by atoms with van der Waals surface area (Å²) in [5.41, 5.74) is -0.379. The van der Waals surface area contributed by atoms with Gasteiger partial charge in [0.15, 0.2) is 0 Å². The van der Waals surface area contributed by atoms with Crippen LogP contribution in [0, 0.1) is 11.7 Å². The largest absolute Gasteiger partial charge is 0.511 e. The maximum Gasteiger partial charge on any atom is 0.322 e. The van der Waals surface area contributed by atoms with E-state index in [1.165, 1.54) is 12.1 Å². The molecule has 1 aromatic rings. The van der Waals surface area contributed by atoms with E-state index in [4.69, 9.17) is 9.84 Å². The number of aliphatic hydroxyl groups excluding tert-OH is 1. The number of aliphatic hydroxyl groups is 1. The fraction of sp³-hybridized carbons (Fsp3) is 0.476. The lowest BCUT2D eigenvalue weighted by Crippen LogP contribution is -2.45. The second-order valence-electron chi connectivity index (χ2n) is 7.61. The number of nitrogens with zero attached hydrogens (tertiary/aromatic N) is 1. The Hall–Kier alpha value is -3.10. The van der Waals surface area contributed by atoms with E-state index < -0.39 is 24.3 Å². The number of ether oxygens (including phenoxy) is 1. The number of carbonyl (C=O) groups is 3. The van der Waals surface area contributed by atoms with Crippen molar-refractivity contribution < 1.29 is 33.7 Å². The van der Waals surface area contributed by atoms with E-state index in [9.17, 15) is 23.9 Å². The topological polar surface area (TPSA) is 116 Å². The molecule has 3 rings (SSSR count). The minimum atomic E-state index is -1.23. The number of aliphatic carboxylic acids is 1. The fourth-order valence-electron chi connectivity index (χ4n) is 3.85. The average Bonchev–Trinajstić information content (AvgIpc) is 2.72. The van der Waals surface area contributed by atoms with E-state index in [1.807, 2.05) is 0 Å². The predicted octanol–water partition coefficient (Wildman–Crippen LogP) is 2.01. The molecule has 2 amide bonds. The van der Waals surface area contributed by atoms with Crippen LogP contribution in [-0.2, 0) is 14.4 Å². The normalized spacial score (nSPS) is 22.0. The molecule has 0 bridgehead atoms. The number of hydrogen-bond donors (Lipinski definition) is 3. The zero-order valence-electron chi connectivity index (χ0n) is 16.5. The molecule has 30 heavy (non-hydrogen) atoms. The summed E-state index contributed by atoms with van der Waals surface area (Å²) in [7, 11) is 0. The summed E-state index contributed by atoms with van der Waals surface area (Å²) >= 11 is 0. The second-order valence-corrected chi connectivity index (χ2v) is 7.61. The van der Waals surface area contributed by atoms with Crippen LogP contribution in [0.5, 0.6) is 5.75 Å². The van der Waals surface area contributed by atoms with E-state index in [2.05, 4.69) is 5.32 Å². The monoisotopic (exact) mass is 420 g/mol. The van der Waals surface area contributed by atoms with Gasteiger partial charge in [-0.25, -0.2) is 4.39 Å². The molecule has 0 saturated heterocycles. The molecule has 0 radical (unpaired) electrons. The van der Waals surface area contributed by atoms with Gasteiger partial charge in [-0.2, -0.15) is 0 Å². The number of benzene rings is 1. The van der Waals surface area contributed by atoms with Crippen LogP contribution in [0.25, 0.3) is 0 Å². The highest BCUT2D eigenvalue weighted by molar-refractivity contribution is 6.19. The lowest BCUT2D eigenvalue weighted by molar-refractivity contribution is -0.138. The van der Waals surface area contributed by atoms with Crippen LogP contribution < -0.4 is 10.1 Å². The SMILES string of the molecule is O=C(O)CNC(=O)C1=C(O)CCN(C[C@H]2CC[C@H](Oc3ccc(F)cc3)CC2)C1=O. The minimum absolute atomic E-state index is 0.0325. The predicted molar refractivity (Wildman–Crippen MR) is 104 cm³/mol. The fourth-order valence-corrected chi connectivity index (χ4v) is 3.85. The van der Waals surface area contributed by atoms with Gasteiger partial charge in [0.2, 0.25) is 0 Å². The van der Waals surface area contributed by atoms with Crippen LogP contribution in [0.3, 0.4) is 0 Å². The van der Waals surface area contributed by atoms with Crippen molar-refractivity contribution in [2.45, 2.75) is 38.2 Å². The third kappa shape index (κ3) is 5.49. The molecule has 1 fully saturated rings. The first-order valence-electron chi connectivity index (χ1n) is 9.97. The summed E-state index contributed by atoms with van der Waals surface area (Å²) in [5.74, 6) is -2.44. The summed E-state index contributed by atoms with van der Waals surface area (Å²) in [6.45, 7) is 0.151. The van der Waals surface area contributed by atoms with Crippen LogP contribution in [0.1, 0.15) is 32.1 Å². The lowest BCUT2D eigenvalue weighted by atomic mass is 9.86. The highest BCUT2D eigenvalue weighted by Crippen LogP contribution is 2.29. The Kier molecular flexibility index (Phi) is 6.91. The smallest absolute Gasteiger partial charge is 0.322 e. The zero-order chi connectivity index (χ0) is 21.7. The minimum Gasteiger partial charge on any atom is -0.511 e. The van der Waals surface area contributed by atoms with Crippen LogP contribution in [0.4, 0.5) is 4.39 Å². The molecule has 1 aliphatic heterocycles. The number of carboxylic acids is 1. The molecule has 162 valence electrons. The molecule has 0 atom stereocenters. The molecule has 1 heterocycles. The summed E-state index contributed by atoms with van der Waals surface area (Å²) < 4.78 is 18.9. The Morgan fingerprint density at radius 3 is 2.47 bits per heavy atom. The van der Waals surface area contributed by atoms with Crippen LogP contribution >= 0.6 is 0 Å². The molecule has 1 saturated carbocycles. The summed E-state index contributed by atoms with van der Waals surface area (Å²) in [6, 6.07) is 5.92. The standard InChI is InChI=1S/C21H25FN2O6/c22-14-3-7-16(8-4-14)30-15-5-1-13(2-6-15)12-24-10-9-17(25)19(21(24)29)20(28)23-11-18(26)27/h3-4,7-8,13,15,25H,1-2,5-6,9-12H2,(H,23,28)(H,26,27)/t13-,15-. The second kappa shape index (κ2) is 9.60. The lowest BCUT2D eigenvalue weighted by Gasteiger charge is -2.34. The van der Waals surface area contributed by atoms with Crippen molar-refractivity contribution >= 4 is 17.8 Å². The van der Waals surface area contributed by atoms with Gasteiger partial charge in [0.25, 0.3) is 11.8 Å². The van der Waals surface area contributed by atoms with E-state index in [0.29, 0.717) is 18.8 Å². The summed E-state index contributed by atoms with van der Waals surface area (Å²) in [5, 5.41) is 20.8. The third-order valence-corrected chi connectivity index (χ3v) is 5.42. The van der Waals surface area contributed by atoms with E-state index in [-0.39, 0.29) is 35.6 Å². The highest BCUT2D eigenvalue weighted by Gasteiger charge is 2.34. The van der Waals surface area contributed by atoms with Gasteiger partial charge in [0.1, 0.15) is 29.4 Å². The molecule has 0 spiro atoms. The molecule has 1 aromatic carbocycles. The van der Waals surface area contributed by atoms with Crippen molar-refractivity contribution in [2.75, 3.05) is 19.6 Å². The van der Waals surface area contributed by atoms with Crippen LogP contribution in [-0.4, -0.2) is 58.6 Å². The van der Waals surface area contributed by atoms with Gasteiger partial charge < -0.3 is 25.2 Å². The number of nitrogens with one attached hydrogen (secondary N) is 1. The molecule has 0 aromatic heterocycles. The number of halogens is 1. The van der Waals surface area contributed by atoms with Crippen molar-refractivity contribution in [3.63, 3.8) is 0 Å². The van der Waals surface area contributed by atoms with Gasteiger partial charge in [-0.3, -0.25) is 14.4 Å². The number of carbonyl (C=O) groups excluding carboxylic acids is 2. The van der Waals surface area contributed by atoms with Gasteiger partial charge in [-0.05, 0) is 55.9 Å². The number of hydrogen-bond acceptors (Lipinski definition) is 5. The van der Waals surface area contributed by atoms with E-state index >= 15 is 0 Å². The zero-order valence-corrected chi connectivity index (χ0v) is 16.5. The van der Waals surface area contributed by atoms with Crippen LogP contribution in [0.15, 0.2) is 35.6 Å². The molecule has 3 N–H and O–H groups in total. The van der Waals surface area contributed by atoms with Gasteiger partial charge in [0, 0.05) is 19.5 Å². The van der Waals surface area contributed by atoms with Gasteiger partial charge in [0.05, 0.1) is 6.10 Å².